The standard InChI is InChI=1S/C15H23FN4/c1-3-20(4-2)14-7-6-12(10-13(14)16)11-19-15-17-8-5-9-18-15/h6-7,10H,3-5,8-9,11H2,1-2H3,(H2,17,18,19). The van der Waals surface area contributed by atoms with Crippen molar-refractivity contribution in [2.24, 2.45) is 4.99 Å². The fraction of sp³-hybridized carbons (Fsp3) is 0.533. The van der Waals surface area contributed by atoms with Crippen molar-refractivity contribution in [1.29, 1.82) is 0 Å². The van der Waals surface area contributed by atoms with Crippen molar-refractivity contribution < 1.29 is 4.39 Å². The third-order valence-electron chi connectivity index (χ3n) is 3.47. The van der Waals surface area contributed by atoms with Crippen LogP contribution in [0.2, 0.25) is 0 Å². The molecule has 0 fully saturated rings. The van der Waals surface area contributed by atoms with Gasteiger partial charge in [0.25, 0.3) is 0 Å². The zero-order valence-electron chi connectivity index (χ0n) is 12.2. The predicted molar refractivity (Wildman–Crippen MR) is 81.7 cm³/mol. The Bertz CT molecular complexity index is 469. The Morgan fingerprint density at radius 3 is 2.75 bits per heavy atom. The SMILES string of the molecule is CCN(CC)c1ccc(CNC2=NCCCN2)cc1F. The highest BCUT2D eigenvalue weighted by Crippen LogP contribution is 2.20. The molecule has 0 aliphatic carbocycles. The van der Waals surface area contributed by atoms with Crippen LogP contribution in [-0.2, 0) is 6.54 Å². The van der Waals surface area contributed by atoms with Crippen LogP contribution >= 0.6 is 0 Å². The van der Waals surface area contributed by atoms with E-state index in [2.05, 4.69) is 15.6 Å². The minimum Gasteiger partial charge on any atom is -0.370 e. The molecule has 110 valence electrons. The molecule has 0 saturated carbocycles. The smallest absolute Gasteiger partial charge is 0.191 e. The summed E-state index contributed by atoms with van der Waals surface area (Å²) in [4.78, 5) is 6.34. The van der Waals surface area contributed by atoms with Gasteiger partial charge in [0.05, 0.1) is 5.69 Å². The van der Waals surface area contributed by atoms with E-state index in [-0.39, 0.29) is 5.82 Å². The van der Waals surface area contributed by atoms with Gasteiger partial charge in [-0.05, 0) is 38.0 Å². The highest BCUT2D eigenvalue weighted by molar-refractivity contribution is 5.80. The molecule has 0 radical (unpaired) electrons. The zero-order chi connectivity index (χ0) is 14.4. The molecule has 0 unspecified atom stereocenters. The van der Waals surface area contributed by atoms with Gasteiger partial charge >= 0.3 is 0 Å². The van der Waals surface area contributed by atoms with Gasteiger partial charge in [-0.15, -0.1) is 0 Å². The number of guanidine groups is 1. The molecule has 1 aromatic rings. The second-order valence-corrected chi connectivity index (χ2v) is 4.82. The minimum absolute atomic E-state index is 0.161. The number of nitrogens with one attached hydrogen (secondary N) is 2. The number of nitrogens with zero attached hydrogens (tertiary/aromatic N) is 2. The Kier molecular flexibility index (Phi) is 5.21. The van der Waals surface area contributed by atoms with E-state index in [1.807, 2.05) is 30.9 Å². The third kappa shape index (κ3) is 3.62. The molecule has 1 aromatic carbocycles. The van der Waals surface area contributed by atoms with Gasteiger partial charge in [0.2, 0.25) is 0 Å². The second-order valence-electron chi connectivity index (χ2n) is 4.82. The maximum atomic E-state index is 14.1. The Morgan fingerprint density at radius 1 is 1.35 bits per heavy atom. The summed E-state index contributed by atoms with van der Waals surface area (Å²) in [5.41, 5.74) is 1.60. The normalized spacial score (nSPS) is 14.4. The molecule has 0 amide bonds. The molecule has 0 atom stereocenters. The molecule has 20 heavy (non-hydrogen) atoms. The number of rotatable bonds is 5. The number of hydrogen-bond acceptors (Lipinski definition) is 4. The van der Waals surface area contributed by atoms with Crippen molar-refractivity contribution in [1.82, 2.24) is 10.6 Å². The molecule has 5 heteroatoms. The van der Waals surface area contributed by atoms with Crippen molar-refractivity contribution in [3.8, 4) is 0 Å². The van der Waals surface area contributed by atoms with E-state index in [0.29, 0.717) is 12.2 Å². The van der Waals surface area contributed by atoms with Crippen LogP contribution in [0.25, 0.3) is 0 Å². The first kappa shape index (κ1) is 14.6. The van der Waals surface area contributed by atoms with E-state index >= 15 is 0 Å². The first-order valence-corrected chi connectivity index (χ1v) is 7.30. The van der Waals surface area contributed by atoms with Gasteiger partial charge in [0.1, 0.15) is 5.82 Å². The van der Waals surface area contributed by atoms with Crippen molar-refractivity contribution in [3.05, 3.63) is 29.6 Å². The first-order valence-electron chi connectivity index (χ1n) is 7.30. The van der Waals surface area contributed by atoms with Crippen LogP contribution < -0.4 is 15.5 Å². The van der Waals surface area contributed by atoms with E-state index in [0.717, 1.165) is 44.1 Å². The van der Waals surface area contributed by atoms with E-state index in [1.165, 1.54) is 0 Å². The fourth-order valence-corrected chi connectivity index (χ4v) is 2.32. The summed E-state index contributed by atoms with van der Waals surface area (Å²) >= 11 is 0. The average Bonchev–Trinajstić information content (AvgIpc) is 2.49. The summed E-state index contributed by atoms with van der Waals surface area (Å²) in [7, 11) is 0. The molecule has 0 saturated heterocycles. The van der Waals surface area contributed by atoms with Crippen LogP contribution in [0.15, 0.2) is 23.2 Å². The average molecular weight is 278 g/mol. The molecule has 0 bridgehead atoms. The van der Waals surface area contributed by atoms with Crippen LogP contribution in [0.1, 0.15) is 25.8 Å². The van der Waals surface area contributed by atoms with Gasteiger partial charge in [-0.2, -0.15) is 0 Å². The number of benzene rings is 1. The van der Waals surface area contributed by atoms with Crippen molar-refractivity contribution >= 4 is 11.6 Å². The Balaban J connectivity index is 1.99. The summed E-state index contributed by atoms with van der Waals surface area (Å²) in [6, 6.07) is 5.42. The second kappa shape index (κ2) is 7.12. The van der Waals surface area contributed by atoms with Crippen LogP contribution in [0.3, 0.4) is 0 Å². The summed E-state index contributed by atoms with van der Waals surface area (Å²) < 4.78 is 14.1. The number of hydrogen-bond donors (Lipinski definition) is 2. The van der Waals surface area contributed by atoms with Crippen molar-refractivity contribution in [2.75, 3.05) is 31.1 Å². The van der Waals surface area contributed by atoms with Crippen LogP contribution in [0, 0.1) is 5.82 Å². The lowest BCUT2D eigenvalue weighted by molar-refractivity contribution is 0.616. The highest BCUT2D eigenvalue weighted by Gasteiger charge is 2.09. The quantitative estimate of drug-likeness (QED) is 0.866. The summed E-state index contributed by atoms with van der Waals surface area (Å²) in [6.45, 7) is 8.07. The summed E-state index contributed by atoms with van der Waals surface area (Å²) in [6.07, 6.45) is 1.07. The van der Waals surface area contributed by atoms with Crippen molar-refractivity contribution in [3.63, 3.8) is 0 Å². The Hall–Kier alpha value is -1.78. The van der Waals surface area contributed by atoms with Gasteiger partial charge in [-0.3, -0.25) is 4.99 Å². The minimum atomic E-state index is -0.161. The van der Waals surface area contributed by atoms with E-state index in [1.54, 1.807) is 6.07 Å². The monoisotopic (exact) mass is 278 g/mol. The molecule has 2 N–H and O–H groups in total. The van der Waals surface area contributed by atoms with Gasteiger partial charge in [-0.1, -0.05) is 6.07 Å². The maximum Gasteiger partial charge on any atom is 0.191 e. The summed E-state index contributed by atoms with van der Waals surface area (Å²) in [5.74, 6) is 0.649. The van der Waals surface area contributed by atoms with Gasteiger partial charge < -0.3 is 15.5 Å². The molecule has 0 aromatic heterocycles. The van der Waals surface area contributed by atoms with E-state index < -0.39 is 0 Å². The molecular weight excluding hydrogens is 255 g/mol. The summed E-state index contributed by atoms with van der Waals surface area (Å²) in [5, 5.41) is 6.39. The Morgan fingerprint density at radius 2 is 2.15 bits per heavy atom. The first-order chi connectivity index (χ1) is 9.74. The molecular formula is C15H23FN4. The van der Waals surface area contributed by atoms with Crippen molar-refractivity contribution in [2.45, 2.75) is 26.8 Å². The topological polar surface area (TPSA) is 39.7 Å². The van der Waals surface area contributed by atoms with Crippen LogP contribution in [-0.4, -0.2) is 32.1 Å². The third-order valence-corrected chi connectivity index (χ3v) is 3.47. The maximum absolute atomic E-state index is 14.1. The fourth-order valence-electron chi connectivity index (χ4n) is 2.32. The lowest BCUT2D eigenvalue weighted by Crippen LogP contribution is -2.40. The molecule has 2 rings (SSSR count). The predicted octanol–water partition coefficient (Wildman–Crippen LogP) is 2.11. The zero-order valence-corrected chi connectivity index (χ0v) is 12.2. The highest BCUT2D eigenvalue weighted by atomic mass is 19.1. The number of anilines is 1. The number of halogens is 1. The Labute approximate surface area is 120 Å². The van der Waals surface area contributed by atoms with Gasteiger partial charge in [0, 0.05) is 32.7 Å². The van der Waals surface area contributed by atoms with E-state index in [4.69, 9.17) is 0 Å². The molecule has 1 heterocycles. The molecule has 1 aliphatic rings. The lowest BCUT2D eigenvalue weighted by atomic mass is 10.2. The largest absolute Gasteiger partial charge is 0.370 e. The molecule has 1 aliphatic heterocycles. The molecule has 0 spiro atoms. The van der Waals surface area contributed by atoms with E-state index in [9.17, 15) is 4.39 Å². The number of aliphatic imine (C=N–C) groups is 1. The lowest BCUT2D eigenvalue weighted by Gasteiger charge is -2.22. The molecule has 4 nitrogen and oxygen atoms in total. The van der Waals surface area contributed by atoms with Gasteiger partial charge in [0.15, 0.2) is 5.96 Å². The van der Waals surface area contributed by atoms with Crippen LogP contribution in [0.5, 0.6) is 0 Å². The van der Waals surface area contributed by atoms with Gasteiger partial charge in [-0.25, -0.2) is 4.39 Å². The van der Waals surface area contributed by atoms with Crippen LogP contribution in [0.4, 0.5) is 10.1 Å².